The van der Waals surface area contributed by atoms with Gasteiger partial charge in [0.1, 0.15) is 18.8 Å². The summed E-state index contributed by atoms with van der Waals surface area (Å²) in [7, 11) is 0. The maximum Gasteiger partial charge on any atom is 0.332 e. The topological polar surface area (TPSA) is 72.8 Å². The Morgan fingerprint density at radius 3 is 2.39 bits per heavy atom. The molecule has 3 rings (SSSR count). The molecule has 0 bridgehead atoms. The van der Waals surface area contributed by atoms with Crippen LogP contribution in [-0.2, 0) is 19.1 Å². The molecule has 5 heteroatoms. The molecule has 0 saturated heterocycles. The summed E-state index contributed by atoms with van der Waals surface area (Å²) in [6.45, 7) is 12.4. The number of aliphatic hydroxyl groups is 1. The van der Waals surface area contributed by atoms with E-state index in [9.17, 15) is 14.7 Å². The summed E-state index contributed by atoms with van der Waals surface area (Å²) in [5, 5.41) is 9.35. The molecule has 182 valence electrons. The zero-order valence-electron chi connectivity index (χ0n) is 20.9. The SMILES string of the molecule is CC1CCC2C1C(OC(=O)/C=C/c1ccccc1)C(C)(C(C)C)CC(OC(=O)CO)C2(C)C. The van der Waals surface area contributed by atoms with E-state index in [1.807, 2.05) is 30.3 Å². The number of carbonyl (C=O) groups excluding carboxylic acids is 2. The average molecular weight is 457 g/mol. The number of hydrogen-bond donors (Lipinski definition) is 1. The van der Waals surface area contributed by atoms with Crippen molar-refractivity contribution in [2.45, 2.75) is 73.0 Å². The number of benzene rings is 1. The van der Waals surface area contributed by atoms with Gasteiger partial charge in [-0.1, -0.05) is 71.9 Å². The highest BCUT2D eigenvalue weighted by molar-refractivity contribution is 5.87. The molecule has 0 heterocycles. The van der Waals surface area contributed by atoms with Crippen molar-refractivity contribution >= 4 is 18.0 Å². The minimum Gasteiger partial charge on any atom is -0.460 e. The monoisotopic (exact) mass is 456 g/mol. The van der Waals surface area contributed by atoms with Crippen molar-refractivity contribution in [2.75, 3.05) is 6.61 Å². The smallest absolute Gasteiger partial charge is 0.332 e. The first-order valence-electron chi connectivity index (χ1n) is 12.2. The van der Waals surface area contributed by atoms with E-state index in [2.05, 4.69) is 41.5 Å². The van der Waals surface area contributed by atoms with Crippen LogP contribution in [0.5, 0.6) is 0 Å². The minimum atomic E-state index is -0.627. The third kappa shape index (κ3) is 5.18. The van der Waals surface area contributed by atoms with Crippen LogP contribution in [0.4, 0.5) is 0 Å². The lowest BCUT2D eigenvalue weighted by molar-refractivity contribution is -0.166. The molecule has 1 N–H and O–H groups in total. The predicted octanol–water partition coefficient (Wildman–Crippen LogP) is 5.27. The molecular formula is C28H40O5. The number of ether oxygens (including phenoxy) is 2. The molecule has 2 aliphatic rings. The Kier molecular flexibility index (Phi) is 7.73. The van der Waals surface area contributed by atoms with Gasteiger partial charge in [0.05, 0.1) is 0 Å². The summed E-state index contributed by atoms with van der Waals surface area (Å²) < 4.78 is 12.2. The molecular weight excluding hydrogens is 416 g/mol. The van der Waals surface area contributed by atoms with Crippen molar-refractivity contribution in [1.82, 2.24) is 0 Å². The number of carbonyl (C=O) groups is 2. The summed E-state index contributed by atoms with van der Waals surface area (Å²) >= 11 is 0. The van der Waals surface area contributed by atoms with E-state index < -0.39 is 12.6 Å². The molecule has 2 saturated carbocycles. The fraction of sp³-hybridized carbons (Fsp3) is 0.643. The standard InChI is InChI=1S/C28H40O5/c1-18(2)28(6)16-22(32-24(31)17-29)27(4,5)21-14-12-19(3)25(21)26(28)33-23(30)15-13-20-10-8-7-9-11-20/h7-11,13,15,18-19,21-22,25-26,29H,12,14,16-17H2,1-6H3/b15-13+. The maximum absolute atomic E-state index is 13.0. The highest BCUT2D eigenvalue weighted by Gasteiger charge is 2.60. The van der Waals surface area contributed by atoms with E-state index in [1.54, 1.807) is 6.08 Å². The molecule has 6 atom stereocenters. The first-order valence-corrected chi connectivity index (χ1v) is 12.2. The zero-order chi connectivity index (χ0) is 24.4. The molecule has 6 unspecified atom stereocenters. The first kappa shape index (κ1) is 25.5. The molecule has 2 aliphatic carbocycles. The van der Waals surface area contributed by atoms with Gasteiger partial charge in [-0.15, -0.1) is 0 Å². The third-order valence-electron chi connectivity index (χ3n) is 8.64. The van der Waals surface area contributed by atoms with E-state index in [0.717, 1.165) is 18.4 Å². The lowest BCUT2D eigenvalue weighted by Crippen LogP contribution is -2.46. The molecule has 1 aromatic carbocycles. The van der Waals surface area contributed by atoms with E-state index in [0.29, 0.717) is 12.3 Å². The van der Waals surface area contributed by atoms with Gasteiger partial charge in [-0.2, -0.15) is 0 Å². The number of esters is 2. The Morgan fingerprint density at radius 2 is 1.79 bits per heavy atom. The highest BCUT2D eigenvalue weighted by atomic mass is 16.6. The fourth-order valence-electron chi connectivity index (χ4n) is 6.12. The van der Waals surface area contributed by atoms with Crippen LogP contribution in [0.2, 0.25) is 0 Å². The summed E-state index contributed by atoms with van der Waals surface area (Å²) in [5.74, 6) is 0.0987. The second-order valence-corrected chi connectivity index (χ2v) is 11.2. The minimum absolute atomic E-state index is 0.180. The quantitative estimate of drug-likeness (QED) is 0.466. The number of aliphatic hydroxyl groups excluding tert-OH is 1. The number of hydrogen-bond acceptors (Lipinski definition) is 5. The maximum atomic E-state index is 13.0. The fourth-order valence-corrected chi connectivity index (χ4v) is 6.12. The highest BCUT2D eigenvalue weighted by Crippen LogP contribution is 2.59. The van der Waals surface area contributed by atoms with Crippen LogP contribution in [-0.4, -0.2) is 35.9 Å². The Balaban J connectivity index is 1.98. The predicted molar refractivity (Wildman–Crippen MR) is 129 cm³/mol. The molecule has 0 spiro atoms. The van der Waals surface area contributed by atoms with Gasteiger partial charge in [-0.25, -0.2) is 9.59 Å². The third-order valence-corrected chi connectivity index (χ3v) is 8.64. The average Bonchev–Trinajstić information content (AvgIpc) is 3.14. The molecule has 0 amide bonds. The summed E-state index contributed by atoms with van der Waals surface area (Å²) in [5.41, 5.74) is 0.273. The van der Waals surface area contributed by atoms with Crippen LogP contribution in [0.25, 0.3) is 6.08 Å². The van der Waals surface area contributed by atoms with Crippen LogP contribution >= 0.6 is 0 Å². The van der Waals surface area contributed by atoms with E-state index in [1.165, 1.54) is 6.08 Å². The van der Waals surface area contributed by atoms with Gasteiger partial charge < -0.3 is 14.6 Å². The van der Waals surface area contributed by atoms with Gasteiger partial charge in [-0.05, 0) is 48.7 Å². The molecule has 0 aromatic heterocycles. The zero-order valence-corrected chi connectivity index (χ0v) is 20.9. The van der Waals surface area contributed by atoms with Crippen molar-refractivity contribution in [2.24, 2.45) is 34.5 Å². The van der Waals surface area contributed by atoms with E-state index >= 15 is 0 Å². The Bertz CT molecular complexity index is 858. The van der Waals surface area contributed by atoms with Crippen molar-refractivity contribution < 1.29 is 24.2 Å². The normalized spacial score (nSPS) is 33.5. The summed E-state index contributed by atoms with van der Waals surface area (Å²) in [6.07, 6.45) is 5.32. The van der Waals surface area contributed by atoms with Gasteiger partial charge in [0.25, 0.3) is 0 Å². The molecule has 2 fully saturated rings. The van der Waals surface area contributed by atoms with E-state index in [4.69, 9.17) is 9.47 Å². The van der Waals surface area contributed by atoms with Crippen molar-refractivity contribution in [3.05, 3.63) is 42.0 Å². The molecule has 5 nitrogen and oxygen atoms in total. The Morgan fingerprint density at radius 1 is 1.12 bits per heavy atom. The van der Waals surface area contributed by atoms with Crippen LogP contribution in [0.3, 0.4) is 0 Å². The number of rotatable bonds is 6. The van der Waals surface area contributed by atoms with Gasteiger partial charge in [0, 0.05) is 22.8 Å². The van der Waals surface area contributed by atoms with Gasteiger partial charge in [0.2, 0.25) is 0 Å². The summed E-state index contributed by atoms with van der Waals surface area (Å²) in [6, 6.07) is 9.72. The summed E-state index contributed by atoms with van der Waals surface area (Å²) in [4.78, 5) is 25.2. The lowest BCUT2D eigenvalue weighted by Gasteiger charge is -2.44. The largest absolute Gasteiger partial charge is 0.460 e. The van der Waals surface area contributed by atoms with Crippen LogP contribution in [0.15, 0.2) is 36.4 Å². The van der Waals surface area contributed by atoms with Gasteiger partial charge >= 0.3 is 11.9 Å². The first-order chi connectivity index (χ1) is 15.5. The Labute approximate surface area is 198 Å². The van der Waals surface area contributed by atoms with Crippen molar-refractivity contribution in [3.63, 3.8) is 0 Å². The molecule has 0 radical (unpaired) electrons. The lowest BCUT2D eigenvalue weighted by atomic mass is 9.66. The second kappa shape index (κ2) is 10.0. The molecule has 1 aromatic rings. The number of fused-ring (bicyclic) bond motifs is 1. The van der Waals surface area contributed by atoms with E-state index in [-0.39, 0.29) is 46.8 Å². The van der Waals surface area contributed by atoms with Crippen LogP contribution in [0, 0.1) is 34.5 Å². The van der Waals surface area contributed by atoms with Gasteiger partial charge in [0.15, 0.2) is 0 Å². The second-order valence-electron chi connectivity index (χ2n) is 11.2. The van der Waals surface area contributed by atoms with Crippen LogP contribution < -0.4 is 0 Å². The van der Waals surface area contributed by atoms with Crippen LogP contribution in [0.1, 0.15) is 66.4 Å². The molecule has 33 heavy (non-hydrogen) atoms. The van der Waals surface area contributed by atoms with Gasteiger partial charge in [-0.3, -0.25) is 0 Å². The van der Waals surface area contributed by atoms with Crippen molar-refractivity contribution in [3.8, 4) is 0 Å². The Hall–Kier alpha value is -2.14. The van der Waals surface area contributed by atoms with Crippen molar-refractivity contribution in [1.29, 1.82) is 0 Å². The molecule has 0 aliphatic heterocycles.